The molecule has 3 unspecified atom stereocenters. The maximum Gasteiger partial charge on any atom is 0.262 e. The fourth-order valence-electron chi connectivity index (χ4n) is 5.39. The Morgan fingerprint density at radius 3 is 2.68 bits per heavy atom. The van der Waals surface area contributed by atoms with E-state index < -0.39 is 11.6 Å². The number of nitrogens with zero attached hydrogens (tertiary/aromatic N) is 1. The number of Topliss-reactive ketones (excluding diaryl/α,β-unsaturated/α-hetero) is 1. The molecule has 6 rings (SSSR count). The molecule has 1 aliphatic heterocycles. The highest BCUT2D eigenvalue weighted by atomic mass is 32.1. The monoisotopic (exact) mass is 528 g/mol. The van der Waals surface area contributed by atoms with Crippen molar-refractivity contribution in [2.45, 2.75) is 30.5 Å². The van der Waals surface area contributed by atoms with Crippen LogP contribution < -0.4 is 32.6 Å². The number of nitrogens with two attached hydrogens (primary N) is 3. The molecule has 2 aromatic carbocycles. The molecule has 10 heteroatoms. The first-order chi connectivity index (χ1) is 18.4. The zero-order valence-corrected chi connectivity index (χ0v) is 21.4. The average molecular weight is 529 g/mol. The highest BCUT2D eigenvalue weighted by Crippen LogP contribution is 2.49. The Labute approximate surface area is 223 Å². The minimum Gasteiger partial charge on any atom is -0.439 e. The molecule has 2 aliphatic rings. The van der Waals surface area contributed by atoms with Crippen LogP contribution in [0.15, 0.2) is 60.8 Å². The second-order valence-corrected chi connectivity index (χ2v) is 10.7. The third-order valence-corrected chi connectivity index (χ3v) is 8.57. The van der Waals surface area contributed by atoms with Crippen molar-refractivity contribution in [1.29, 1.82) is 0 Å². The molecule has 38 heavy (non-hydrogen) atoms. The maximum absolute atomic E-state index is 13.9. The van der Waals surface area contributed by atoms with E-state index in [2.05, 4.69) is 15.6 Å². The van der Waals surface area contributed by atoms with Gasteiger partial charge in [0.15, 0.2) is 5.78 Å². The number of nitrogens with one attached hydrogen (secondary N) is 2. The lowest BCUT2D eigenvalue weighted by molar-refractivity contribution is -0.124. The predicted molar refractivity (Wildman–Crippen MR) is 147 cm³/mol. The summed E-state index contributed by atoms with van der Waals surface area (Å²) in [5, 5.41) is 7.08. The zero-order chi connectivity index (χ0) is 26.4. The van der Waals surface area contributed by atoms with Gasteiger partial charge in [0.25, 0.3) is 5.91 Å². The Morgan fingerprint density at radius 1 is 1.16 bits per heavy atom. The van der Waals surface area contributed by atoms with E-state index in [0.29, 0.717) is 55.5 Å². The number of carbonyl (C=O) groups excluding carboxylic acids is 2. The van der Waals surface area contributed by atoms with Crippen LogP contribution in [0, 0.1) is 0 Å². The van der Waals surface area contributed by atoms with E-state index in [1.54, 1.807) is 54.7 Å². The summed E-state index contributed by atoms with van der Waals surface area (Å²) in [6.45, 7) is 1.64. The van der Waals surface area contributed by atoms with E-state index in [1.807, 2.05) is 6.07 Å². The molecule has 1 amide bonds. The highest BCUT2D eigenvalue weighted by Gasteiger charge is 2.48. The first-order valence-electron chi connectivity index (χ1n) is 12.5. The van der Waals surface area contributed by atoms with Gasteiger partial charge in [-0.3, -0.25) is 9.59 Å². The molecular weight excluding hydrogens is 500 g/mol. The van der Waals surface area contributed by atoms with Crippen LogP contribution in [0.5, 0.6) is 11.6 Å². The van der Waals surface area contributed by atoms with Crippen molar-refractivity contribution in [3.05, 3.63) is 82.4 Å². The summed E-state index contributed by atoms with van der Waals surface area (Å²) < 4.78 is 6.50. The van der Waals surface area contributed by atoms with Crippen LogP contribution >= 0.6 is 11.3 Å². The molecule has 3 heterocycles. The maximum atomic E-state index is 13.9. The van der Waals surface area contributed by atoms with E-state index >= 15 is 0 Å². The van der Waals surface area contributed by atoms with Gasteiger partial charge < -0.3 is 32.6 Å². The molecule has 0 bridgehead atoms. The number of hydrogen-bond acceptors (Lipinski definition) is 9. The molecule has 0 radical (unpaired) electrons. The molecule has 194 valence electrons. The average Bonchev–Trinajstić information content (AvgIpc) is 3.35. The van der Waals surface area contributed by atoms with Gasteiger partial charge in [0.05, 0.1) is 15.6 Å². The van der Waals surface area contributed by atoms with Gasteiger partial charge >= 0.3 is 0 Å². The first kappa shape index (κ1) is 24.5. The Hall–Kier alpha value is -3.83. The van der Waals surface area contributed by atoms with Gasteiger partial charge in [0.1, 0.15) is 11.3 Å². The van der Waals surface area contributed by atoms with Gasteiger partial charge in [-0.25, -0.2) is 4.98 Å². The third-order valence-electron chi connectivity index (χ3n) is 7.32. The lowest BCUT2D eigenvalue weighted by Gasteiger charge is -2.36. The molecular formula is C28H28N6O3S. The molecule has 9 nitrogen and oxygen atoms in total. The molecule has 1 aliphatic carbocycles. The number of carbonyl (C=O) groups is 2. The Bertz CT molecular complexity index is 1530. The van der Waals surface area contributed by atoms with Crippen LogP contribution in [0.3, 0.4) is 0 Å². The van der Waals surface area contributed by atoms with Crippen molar-refractivity contribution in [3.63, 3.8) is 0 Å². The van der Waals surface area contributed by atoms with Gasteiger partial charge in [0, 0.05) is 41.5 Å². The number of thiophene rings is 1. The number of benzene rings is 2. The molecule has 0 spiro atoms. The first-order valence-corrected chi connectivity index (χ1v) is 13.3. The summed E-state index contributed by atoms with van der Waals surface area (Å²) in [6, 6.07) is 14.8. The van der Waals surface area contributed by atoms with Crippen LogP contribution in [-0.2, 0) is 10.3 Å². The molecule has 1 saturated heterocycles. The smallest absolute Gasteiger partial charge is 0.262 e. The Morgan fingerprint density at radius 2 is 1.97 bits per heavy atom. The molecule has 0 saturated carbocycles. The van der Waals surface area contributed by atoms with Crippen molar-refractivity contribution in [2.24, 2.45) is 11.5 Å². The molecule has 3 atom stereocenters. The van der Waals surface area contributed by atoms with Crippen LogP contribution in [-0.4, -0.2) is 35.8 Å². The number of aromatic nitrogens is 1. The minimum absolute atomic E-state index is 0.0152. The molecule has 1 fully saturated rings. The number of rotatable bonds is 5. The largest absolute Gasteiger partial charge is 0.439 e. The van der Waals surface area contributed by atoms with Crippen molar-refractivity contribution < 1.29 is 14.3 Å². The molecule has 8 N–H and O–H groups in total. The van der Waals surface area contributed by atoms with Gasteiger partial charge in [0.2, 0.25) is 5.88 Å². The van der Waals surface area contributed by atoms with Crippen molar-refractivity contribution in [3.8, 4) is 11.6 Å². The lowest BCUT2D eigenvalue weighted by atomic mass is 9.70. The number of piperidine rings is 1. The lowest BCUT2D eigenvalue weighted by Crippen LogP contribution is -2.52. The summed E-state index contributed by atoms with van der Waals surface area (Å²) in [4.78, 5) is 31.9. The quantitative estimate of drug-likeness (QED) is 0.247. The number of ketones is 1. The topological polar surface area (TPSA) is 158 Å². The summed E-state index contributed by atoms with van der Waals surface area (Å²) >= 11 is 1.26. The number of ether oxygens (including phenoxy) is 1. The van der Waals surface area contributed by atoms with Gasteiger partial charge in [-0.15, -0.1) is 11.3 Å². The standard InChI is InChI=1S/C28H28N6O3S/c29-19-11-10-18-21-22(25(38-24(19)21)27(36)34-16-4-3-12-32-14-16)23(30)26(35)28(18,31)15-6-8-17(9-7-15)37-20-5-1-2-13-33-20/h1-2,5-11,13,16,23,32H,3-4,12,14,29-31H2,(H,34,36). The second kappa shape index (κ2) is 9.48. The van der Waals surface area contributed by atoms with E-state index in [1.165, 1.54) is 11.3 Å². The van der Waals surface area contributed by atoms with Gasteiger partial charge in [-0.2, -0.15) is 0 Å². The number of pyridine rings is 1. The van der Waals surface area contributed by atoms with Crippen LogP contribution in [0.25, 0.3) is 10.1 Å². The summed E-state index contributed by atoms with van der Waals surface area (Å²) in [5.74, 6) is 0.375. The van der Waals surface area contributed by atoms with E-state index in [-0.39, 0.29) is 17.7 Å². The number of amides is 1. The summed E-state index contributed by atoms with van der Waals surface area (Å²) in [6.07, 6.45) is 3.52. The number of anilines is 1. The fraction of sp³-hybridized carbons (Fsp3) is 0.250. The van der Waals surface area contributed by atoms with E-state index in [4.69, 9.17) is 21.9 Å². The van der Waals surface area contributed by atoms with Crippen LogP contribution in [0.1, 0.15) is 45.2 Å². The normalized spacial score (nSPS) is 22.8. The molecule has 4 aromatic rings. The second-order valence-electron chi connectivity index (χ2n) is 9.71. The summed E-state index contributed by atoms with van der Waals surface area (Å²) in [5.41, 5.74) is 20.5. The van der Waals surface area contributed by atoms with Crippen molar-refractivity contribution in [1.82, 2.24) is 15.6 Å². The number of nitrogen functional groups attached to an aromatic ring is 1. The van der Waals surface area contributed by atoms with Crippen LogP contribution in [0.4, 0.5) is 5.69 Å². The van der Waals surface area contributed by atoms with Crippen molar-refractivity contribution >= 4 is 38.8 Å². The Kier molecular flexibility index (Phi) is 6.11. The predicted octanol–water partition coefficient (Wildman–Crippen LogP) is 2.94. The van der Waals surface area contributed by atoms with E-state index in [0.717, 1.165) is 19.4 Å². The zero-order valence-electron chi connectivity index (χ0n) is 20.6. The van der Waals surface area contributed by atoms with Crippen LogP contribution in [0.2, 0.25) is 0 Å². The fourth-order valence-corrected chi connectivity index (χ4v) is 6.59. The number of hydrogen-bond donors (Lipinski definition) is 5. The third kappa shape index (κ3) is 3.93. The van der Waals surface area contributed by atoms with E-state index in [9.17, 15) is 9.59 Å². The Balaban J connectivity index is 1.41. The summed E-state index contributed by atoms with van der Waals surface area (Å²) in [7, 11) is 0. The van der Waals surface area contributed by atoms with Gasteiger partial charge in [-0.1, -0.05) is 24.3 Å². The molecule has 2 aromatic heterocycles. The van der Waals surface area contributed by atoms with Gasteiger partial charge in [-0.05, 0) is 54.8 Å². The minimum atomic E-state index is -1.52. The SMILES string of the molecule is Nc1ccc2c3c(c(C(=O)NC4CCCNC4)sc13)C(N)C(=O)C2(N)c1ccc(Oc2ccccn2)cc1. The highest BCUT2D eigenvalue weighted by molar-refractivity contribution is 7.21. The van der Waals surface area contributed by atoms with Crippen molar-refractivity contribution in [2.75, 3.05) is 18.8 Å².